The number of hydrogen-bond donors (Lipinski definition) is 0. The zero-order valence-electron chi connectivity index (χ0n) is 31.5. The highest BCUT2D eigenvalue weighted by Gasteiger charge is 2.21. The van der Waals surface area contributed by atoms with Crippen molar-refractivity contribution in [2.75, 3.05) is 0 Å². The van der Waals surface area contributed by atoms with Gasteiger partial charge in [0.25, 0.3) is 0 Å². The summed E-state index contributed by atoms with van der Waals surface area (Å²) < 4.78 is 4.83. The second-order valence-electron chi connectivity index (χ2n) is 15.1. The third kappa shape index (κ3) is 4.97. The van der Waals surface area contributed by atoms with Crippen LogP contribution >= 0.6 is 0 Å². The summed E-state index contributed by atoms with van der Waals surface area (Å²) in [5.74, 6) is 0. The Morgan fingerprint density at radius 1 is 0.293 bits per heavy atom. The molecule has 0 spiro atoms. The van der Waals surface area contributed by atoms with E-state index in [0.29, 0.717) is 0 Å². The van der Waals surface area contributed by atoms with E-state index in [2.05, 4.69) is 221 Å². The lowest BCUT2D eigenvalue weighted by atomic mass is 9.94. The first-order valence-corrected chi connectivity index (χ1v) is 19.9. The van der Waals surface area contributed by atoms with E-state index in [-0.39, 0.29) is 0 Å². The molecule has 0 aliphatic carbocycles. The number of benzene rings is 9. The zero-order chi connectivity index (χ0) is 38.2. The smallest absolute Gasteiger partial charge is 0.0721 e. The van der Waals surface area contributed by atoms with Crippen molar-refractivity contribution >= 4 is 65.2 Å². The normalized spacial score (nSPS) is 11.8. The average Bonchev–Trinajstić information content (AvgIpc) is 3.82. The summed E-state index contributed by atoms with van der Waals surface area (Å²) in [6.45, 7) is 0. The second-order valence-corrected chi connectivity index (χ2v) is 15.1. The molecule has 0 saturated carbocycles. The molecule has 0 bridgehead atoms. The first kappa shape index (κ1) is 32.5. The Bertz CT molecular complexity index is 3460. The van der Waals surface area contributed by atoms with E-state index in [0.717, 1.165) is 39.5 Å². The first-order valence-electron chi connectivity index (χ1n) is 19.9. The van der Waals surface area contributed by atoms with Crippen molar-refractivity contribution in [1.82, 2.24) is 14.1 Å². The van der Waals surface area contributed by atoms with E-state index in [4.69, 9.17) is 4.98 Å². The number of pyridine rings is 1. The lowest BCUT2D eigenvalue weighted by Gasteiger charge is -2.15. The largest absolute Gasteiger partial charge is 0.309 e. The van der Waals surface area contributed by atoms with Gasteiger partial charge in [0.1, 0.15) is 0 Å². The van der Waals surface area contributed by atoms with Gasteiger partial charge in [-0.1, -0.05) is 152 Å². The molecule has 0 aliphatic rings. The van der Waals surface area contributed by atoms with Crippen LogP contribution in [0.1, 0.15) is 0 Å². The topological polar surface area (TPSA) is 22.8 Å². The summed E-state index contributed by atoms with van der Waals surface area (Å²) in [6.07, 6.45) is 0. The molecule has 0 N–H and O–H groups in total. The molecule has 0 unspecified atom stereocenters. The summed E-state index contributed by atoms with van der Waals surface area (Å²) in [5, 5.41) is 9.86. The van der Waals surface area contributed by atoms with Crippen LogP contribution in [-0.4, -0.2) is 14.1 Å². The summed E-state index contributed by atoms with van der Waals surface area (Å²) in [4.78, 5) is 5.47. The fraction of sp³-hybridized carbons (Fsp3) is 0. The van der Waals surface area contributed by atoms with Gasteiger partial charge >= 0.3 is 0 Å². The first-order chi connectivity index (χ1) is 28.8. The quantitative estimate of drug-likeness (QED) is 0.172. The summed E-state index contributed by atoms with van der Waals surface area (Å²) in [7, 11) is 0. The molecule has 0 fully saturated rings. The fourth-order valence-corrected chi connectivity index (χ4v) is 9.35. The Morgan fingerprint density at radius 3 is 1.45 bits per heavy atom. The maximum atomic E-state index is 5.47. The Morgan fingerprint density at radius 2 is 0.776 bits per heavy atom. The van der Waals surface area contributed by atoms with E-state index in [1.165, 1.54) is 70.7 Å². The minimum Gasteiger partial charge on any atom is -0.309 e. The van der Waals surface area contributed by atoms with Gasteiger partial charge in [0.05, 0.1) is 33.5 Å². The van der Waals surface area contributed by atoms with Crippen LogP contribution in [0.3, 0.4) is 0 Å². The summed E-state index contributed by atoms with van der Waals surface area (Å²) in [5.41, 5.74) is 13.4. The Labute approximate surface area is 335 Å². The van der Waals surface area contributed by atoms with Crippen molar-refractivity contribution < 1.29 is 0 Å². The van der Waals surface area contributed by atoms with Crippen LogP contribution in [0.5, 0.6) is 0 Å². The molecule has 0 saturated heterocycles. The number of rotatable bonds is 5. The number of aromatic nitrogens is 3. The molecule has 3 nitrogen and oxygen atoms in total. The van der Waals surface area contributed by atoms with Gasteiger partial charge in [0.15, 0.2) is 0 Å². The molecule has 0 atom stereocenters. The molecule has 3 heterocycles. The second kappa shape index (κ2) is 12.9. The molecule has 3 heteroatoms. The van der Waals surface area contributed by atoms with Crippen molar-refractivity contribution in [2.45, 2.75) is 0 Å². The highest BCUT2D eigenvalue weighted by Crippen LogP contribution is 2.43. The van der Waals surface area contributed by atoms with Crippen molar-refractivity contribution in [3.63, 3.8) is 0 Å². The van der Waals surface area contributed by atoms with Crippen molar-refractivity contribution in [3.05, 3.63) is 212 Å². The highest BCUT2D eigenvalue weighted by molar-refractivity contribution is 6.29. The lowest BCUT2D eigenvalue weighted by molar-refractivity contribution is 1.17. The lowest BCUT2D eigenvalue weighted by Crippen LogP contribution is -1.96. The van der Waals surface area contributed by atoms with E-state index in [9.17, 15) is 0 Å². The zero-order valence-corrected chi connectivity index (χ0v) is 31.5. The van der Waals surface area contributed by atoms with Gasteiger partial charge in [0.2, 0.25) is 0 Å². The summed E-state index contributed by atoms with van der Waals surface area (Å²) >= 11 is 0. The van der Waals surface area contributed by atoms with Crippen molar-refractivity contribution in [2.24, 2.45) is 0 Å². The van der Waals surface area contributed by atoms with Crippen LogP contribution in [0.15, 0.2) is 212 Å². The molecule has 12 rings (SSSR count). The Balaban J connectivity index is 1.10. The predicted molar refractivity (Wildman–Crippen MR) is 244 cm³/mol. The van der Waals surface area contributed by atoms with Gasteiger partial charge in [-0.05, 0) is 93.3 Å². The Hall–Kier alpha value is -7.75. The van der Waals surface area contributed by atoms with Gasteiger partial charge in [-0.25, -0.2) is 4.98 Å². The minimum atomic E-state index is 0.935. The van der Waals surface area contributed by atoms with Crippen LogP contribution in [0.2, 0.25) is 0 Å². The molecule has 9 aromatic carbocycles. The minimum absolute atomic E-state index is 0.935. The molecule has 0 radical (unpaired) electrons. The van der Waals surface area contributed by atoms with E-state index in [1.54, 1.807) is 0 Å². The van der Waals surface area contributed by atoms with Gasteiger partial charge < -0.3 is 9.13 Å². The van der Waals surface area contributed by atoms with Gasteiger partial charge in [-0.2, -0.15) is 0 Å². The van der Waals surface area contributed by atoms with Crippen LogP contribution in [0, 0.1) is 0 Å². The predicted octanol–water partition coefficient (Wildman–Crippen LogP) is 14.6. The molecule has 12 aromatic rings. The monoisotopic (exact) mass is 737 g/mol. The van der Waals surface area contributed by atoms with E-state index in [1.807, 2.05) is 0 Å². The van der Waals surface area contributed by atoms with Crippen LogP contribution < -0.4 is 0 Å². The van der Waals surface area contributed by atoms with Gasteiger partial charge in [-0.15, -0.1) is 0 Å². The van der Waals surface area contributed by atoms with Crippen LogP contribution in [0.25, 0.3) is 110 Å². The standard InChI is InChI=1S/C55H35N3/c1-2-20-40(21-3-1)57-50-29-10-8-25-46(50)54-52(57)31-32-53-55(54)47-26-9-11-30-51(47)58(53)41-22-12-19-38(33-41)48-34-39(44-27-13-17-36-15-4-6-23-42(36)44)35-49(56-48)45-28-14-18-37-16-5-7-24-43(37)45/h1-35H. The molecule has 3 aromatic heterocycles. The Kier molecular flexibility index (Phi) is 7.23. The number of nitrogens with zero attached hydrogens (tertiary/aromatic N) is 3. The molecule has 58 heavy (non-hydrogen) atoms. The average molecular weight is 738 g/mol. The summed E-state index contributed by atoms with van der Waals surface area (Å²) in [6, 6.07) is 76.7. The molecular formula is C55H35N3. The van der Waals surface area contributed by atoms with Gasteiger partial charge in [0, 0.05) is 44.0 Å². The maximum absolute atomic E-state index is 5.47. The molecular weight excluding hydrogens is 703 g/mol. The van der Waals surface area contributed by atoms with Crippen LogP contribution in [0.4, 0.5) is 0 Å². The number of fused-ring (bicyclic) bond motifs is 9. The third-order valence-electron chi connectivity index (χ3n) is 11.9. The van der Waals surface area contributed by atoms with E-state index >= 15 is 0 Å². The third-order valence-corrected chi connectivity index (χ3v) is 11.9. The number of hydrogen-bond acceptors (Lipinski definition) is 1. The molecule has 0 amide bonds. The fourth-order valence-electron chi connectivity index (χ4n) is 9.35. The highest BCUT2D eigenvalue weighted by atomic mass is 15.0. The van der Waals surface area contributed by atoms with E-state index < -0.39 is 0 Å². The van der Waals surface area contributed by atoms with Crippen LogP contribution in [-0.2, 0) is 0 Å². The van der Waals surface area contributed by atoms with Crippen molar-refractivity contribution in [1.29, 1.82) is 0 Å². The SMILES string of the molecule is c1ccc(-n2c3ccccc3c3c4c5ccccc5n(-c5cccc(-c6cc(-c7cccc8ccccc78)cc(-c7cccc8ccccc78)n6)c5)c4ccc32)cc1. The van der Waals surface area contributed by atoms with Crippen molar-refractivity contribution in [3.8, 4) is 45.0 Å². The van der Waals surface area contributed by atoms with Gasteiger partial charge in [-0.3, -0.25) is 0 Å². The molecule has 0 aliphatic heterocycles. The maximum Gasteiger partial charge on any atom is 0.0721 e. The number of para-hydroxylation sites is 3. The molecule has 270 valence electrons.